The molecule has 0 saturated heterocycles. The van der Waals surface area contributed by atoms with Crippen LogP contribution in [-0.4, -0.2) is 0 Å². The molecule has 90 valence electrons. The van der Waals surface area contributed by atoms with Crippen molar-refractivity contribution in [3.05, 3.63) is 69.7 Å². The Bertz CT molecular complexity index is 871. The van der Waals surface area contributed by atoms with Gasteiger partial charge >= 0.3 is 5.82 Å². The molecule has 0 fully saturated rings. The summed E-state index contributed by atoms with van der Waals surface area (Å²) >= 11 is 0. The van der Waals surface area contributed by atoms with Gasteiger partial charge in [-0.25, -0.2) is 0 Å². The summed E-state index contributed by atoms with van der Waals surface area (Å²) in [5.41, 5.74) is 0.0607. The van der Waals surface area contributed by atoms with Crippen molar-refractivity contribution >= 4 is 22.2 Å². The van der Waals surface area contributed by atoms with Gasteiger partial charge in [-0.15, -0.1) is 0 Å². The zero-order valence-electron chi connectivity index (χ0n) is 10.3. The molecular formula is C16H6N4. The van der Waals surface area contributed by atoms with Crippen LogP contribution in [0.4, 0.5) is 0 Å². The molecule has 2 aromatic carbocycles. The molecule has 2 aromatic rings. The third-order valence-corrected chi connectivity index (χ3v) is 2.82. The van der Waals surface area contributed by atoms with E-state index in [1.165, 1.54) is 0 Å². The van der Waals surface area contributed by atoms with E-state index in [-0.39, 0.29) is 11.4 Å². The van der Waals surface area contributed by atoms with Crippen molar-refractivity contribution in [3.8, 4) is 12.1 Å². The molecule has 0 bridgehead atoms. The normalized spacial score (nSPS) is 8.80. The Morgan fingerprint density at radius 1 is 0.850 bits per heavy atom. The molecule has 0 N–H and O–H groups in total. The number of nitrogens with zero attached hydrogens (tertiary/aromatic N) is 4. The van der Waals surface area contributed by atoms with E-state index in [0.717, 1.165) is 10.8 Å². The third kappa shape index (κ3) is 2.19. The predicted molar refractivity (Wildman–Crippen MR) is 74.4 cm³/mol. The fourth-order valence-electron chi connectivity index (χ4n) is 1.85. The van der Waals surface area contributed by atoms with Gasteiger partial charge in [0, 0.05) is 5.22 Å². The maximum atomic E-state index is 8.85. The second-order valence-corrected chi connectivity index (χ2v) is 3.92. The second-order valence-electron chi connectivity index (χ2n) is 3.92. The second kappa shape index (κ2) is 5.36. The van der Waals surface area contributed by atoms with Gasteiger partial charge in [-0.2, -0.15) is 20.2 Å². The fourth-order valence-corrected chi connectivity index (χ4v) is 1.85. The zero-order valence-corrected chi connectivity index (χ0v) is 10.3. The number of nitriles is 2. The fraction of sp³-hybridized carbons (Fsp3) is 0. The average Bonchev–Trinajstić information content (AvgIpc) is 2.49. The monoisotopic (exact) mass is 254 g/mol. The minimum absolute atomic E-state index is 0.0253. The number of hydrogen-bond acceptors (Lipinski definition) is 2. The van der Waals surface area contributed by atoms with Crippen LogP contribution >= 0.6 is 0 Å². The van der Waals surface area contributed by atoms with Crippen LogP contribution in [0.25, 0.3) is 31.9 Å². The SMILES string of the molecule is [C-]#[N+]C([N+]#[C-])=c1ccc2cc(=C(C#N)C#N)ccc2c1. The molecular weight excluding hydrogens is 248 g/mol. The van der Waals surface area contributed by atoms with E-state index in [1.54, 1.807) is 36.4 Å². The largest absolute Gasteiger partial charge is 0.526 e. The lowest BCUT2D eigenvalue weighted by molar-refractivity contribution is 1.49. The molecule has 0 atom stereocenters. The molecule has 0 saturated carbocycles. The highest BCUT2D eigenvalue weighted by atomic mass is 14.9. The van der Waals surface area contributed by atoms with Crippen LogP contribution in [0.5, 0.6) is 0 Å². The van der Waals surface area contributed by atoms with Gasteiger partial charge in [-0.05, 0) is 22.9 Å². The molecule has 4 nitrogen and oxygen atoms in total. The number of hydrogen-bond donors (Lipinski definition) is 0. The highest BCUT2D eigenvalue weighted by molar-refractivity contribution is 5.85. The molecule has 0 aliphatic carbocycles. The standard InChI is InChI=1S/C16H6N4/c1-19-16(20-2)14-6-5-11-7-13(15(9-17)10-18)4-3-12(11)8-14/h3-8H. The van der Waals surface area contributed by atoms with Crippen molar-refractivity contribution < 1.29 is 0 Å². The first-order chi connectivity index (χ1) is 9.73. The smallest absolute Gasteiger partial charge is 0.192 e. The summed E-state index contributed by atoms with van der Waals surface area (Å²) in [5.74, 6) is 0.0253. The molecule has 0 amide bonds. The molecule has 2 rings (SSSR count). The molecule has 0 unspecified atom stereocenters. The van der Waals surface area contributed by atoms with Gasteiger partial charge in [-0.1, -0.05) is 24.3 Å². The van der Waals surface area contributed by atoms with Gasteiger partial charge in [0.05, 0.1) is 5.22 Å². The zero-order chi connectivity index (χ0) is 14.5. The van der Waals surface area contributed by atoms with Gasteiger partial charge in [0.1, 0.15) is 30.9 Å². The topological polar surface area (TPSA) is 56.3 Å². The van der Waals surface area contributed by atoms with Crippen LogP contribution in [0.1, 0.15) is 0 Å². The van der Waals surface area contributed by atoms with E-state index in [0.29, 0.717) is 10.4 Å². The van der Waals surface area contributed by atoms with Gasteiger partial charge in [-0.3, -0.25) is 0 Å². The van der Waals surface area contributed by atoms with E-state index < -0.39 is 0 Å². The third-order valence-electron chi connectivity index (χ3n) is 2.82. The molecule has 0 aliphatic heterocycles. The molecule has 0 heterocycles. The van der Waals surface area contributed by atoms with Crippen LogP contribution in [0, 0.1) is 35.8 Å². The van der Waals surface area contributed by atoms with E-state index in [9.17, 15) is 0 Å². The Labute approximate surface area is 115 Å². The van der Waals surface area contributed by atoms with E-state index in [1.807, 2.05) is 12.1 Å². The van der Waals surface area contributed by atoms with Crippen molar-refractivity contribution in [2.45, 2.75) is 0 Å². The van der Waals surface area contributed by atoms with Gasteiger partial charge in [0.15, 0.2) is 0 Å². The maximum Gasteiger partial charge on any atom is 0.526 e. The first-order valence-corrected chi connectivity index (χ1v) is 5.57. The highest BCUT2D eigenvalue weighted by Gasteiger charge is 2.04. The summed E-state index contributed by atoms with van der Waals surface area (Å²) in [5, 5.41) is 20.5. The number of benzene rings is 2. The lowest BCUT2D eigenvalue weighted by Crippen LogP contribution is -2.05. The van der Waals surface area contributed by atoms with Gasteiger partial charge < -0.3 is 0 Å². The molecule has 0 radical (unpaired) electrons. The van der Waals surface area contributed by atoms with Crippen LogP contribution in [0.15, 0.2) is 36.4 Å². The lowest BCUT2D eigenvalue weighted by Gasteiger charge is -1.96. The molecule has 4 heteroatoms. The van der Waals surface area contributed by atoms with Crippen molar-refractivity contribution in [2.24, 2.45) is 0 Å². The van der Waals surface area contributed by atoms with Crippen LogP contribution < -0.4 is 10.4 Å². The minimum Gasteiger partial charge on any atom is -0.192 e. The summed E-state index contributed by atoms with van der Waals surface area (Å²) in [6.07, 6.45) is 0. The summed E-state index contributed by atoms with van der Waals surface area (Å²) in [6, 6.07) is 14.1. The predicted octanol–water partition coefficient (Wildman–Crippen LogP) is 1.94. The number of fused-ring (bicyclic) bond motifs is 1. The summed E-state index contributed by atoms with van der Waals surface area (Å²) < 4.78 is 0. The first kappa shape index (κ1) is 12.8. The van der Waals surface area contributed by atoms with E-state index in [4.69, 9.17) is 23.7 Å². The number of rotatable bonds is 0. The molecule has 0 aliphatic rings. The summed E-state index contributed by atoms with van der Waals surface area (Å²) in [6.45, 7) is 13.9. The Morgan fingerprint density at radius 3 is 1.85 bits per heavy atom. The summed E-state index contributed by atoms with van der Waals surface area (Å²) in [4.78, 5) is 6.36. The highest BCUT2D eigenvalue weighted by Crippen LogP contribution is 2.09. The molecule has 0 spiro atoms. The molecule has 0 aromatic heterocycles. The summed E-state index contributed by atoms with van der Waals surface area (Å²) in [7, 11) is 0. The Hall–Kier alpha value is -3.60. The van der Waals surface area contributed by atoms with Crippen LogP contribution in [0.2, 0.25) is 0 Å². The van der Waals surface area contributed by atoms with Gasteiger partial charge in [0.2, 0.25) is 0 Å². The Morgan fingerprint density at radius 2 is 1.35 bits per heavy atom. The lowest BCUT2D eigenvalue weighted by atomic mass is 10.1. The quantitative estimate of drug-likeness (QED) is 0.674. The van der Waals surface area contributed by atoms with Gasteiger partial charge in [0.25, 0.3) is 0 Å². The Balaban J connectivity index is 2.84. The molecule has 20 heavy (non-hydrogen) atoms. The maximum absolute atomic E-state index is 8.85. The first-order valence-electron chi connectivity index (χ1n) is 5.57. The van der Waals surface area contributed by atoms with E-state index in [2.05, 4.69) is 9.69 Å². The van der Waals surface area contributed by atoms with Crippen molar-refractivity contribution in [1.82, 2.24) is 0 Å². The van der Waals surface area contributed by atoms with Crippen molar-refractivity contribution in [2.75, 3.05) is 0 Å². The van der Waals surface area contributed by atoms with Crippen molar-refractivity contribution in [3.63, 3.8) is 0 Å². The van der Waals surface area contributed by atoms with Crippen molar-refractivity contribution in [1.29, 1.82) is 10.5 Å². The minimum atomic E-state index is 0.0253. The van der Waals surface area contributed by atoms with E-state index >= 15 is 0 Å². The Kier molecular flexibility index (Phi) is 3.45. The van der Waals surface area contributed by atoms with Crippen LogP contribution in [0.3, 0.4) is 0 Å². The van der Waals surface area contributed by atoms with Crippen LogP contribution in [-0.2, 0) is 0 Å². The average molecular weight is 254 g/mol.